The first-order valence-electron chi connectivity index (χ1n) is 11.2. The van der Waals surface area contributed by atoms with Crippen LogP contribution in [0.15, 0.2) is 30.9 Å². The van der Waals surface area contributed by atoms with Crippen LogP contribution in [0, 0.1) is 5.92 Å². The monoisotopic (exact) mass is 464 g/mol. The third-order valence-corrected chi connectivity index (χ3v) is 6.27. The zero-order valence-electron chi connectivity index (χ0n) is 18.2. The van der Waals surface area contributed by atoms with Crippen LogP contribution in [0.2, 0.25) is 0 Å². The molecule has 11 heteroatoms. The highest BCUT2D eigenvalue weighted by Gasteiger charge is 2.32. The van der Waals surface area contributed by atoms with Gasteiger partial charge in [0.25, 0.3) is 0 Å². The Morgan fingerprint density at radius 1 is 1.06 bits per heavy atom. The highest BCUT2D eigenvalue weighted by Crippen LogP contribution is 2.33. The van der Waals surface area contributed by atoms with Crippen molar-refractivity contribution in [3.05, 3.63) is 36.4 Å². The summed E-state index contributed by atoms with van der Waals surface area (Å²) in [6.07, 6.45) is 3.36. The number of rotatable bonds is 5. The van der Waals surface area contributed by atoms with Crippen LogP contribution in [-0.4, -0.2) is 69.1 Å². The standard InChI is InChI=1S/C22H27F3N6O2/c23-22(24,25)17-6-7-19(31-15-26-14-27-31)18(12-17)28-20(32)13-29-8-10-30(11-9-29)21(33)16-4-2-1-3-5-16/h6-7,12,14-16H,1-5,8-11,13H2,(H,28,32). The number of piperazine rings is 1. The number of anilines is 1. The molecule has 1 aliphatic carbocycles. The van der Waals surface area contributed by atoms with Crippen molar-refractivity contribution in [1.29, 1.82) is 0 Å². The minimum absolute atomic E-state index is 0.00596. The van der Waals surface area contributed by atoms with Crippen molar-refractivity contribution in [2.75, 3.05) is 38.0 Å². The van der Waals surface area contributed by atoms with Crippen molar-refractivity contribution in [3.8, 4) is 5.69 Å². The lowest BCUT2D eigenvalue weighted by Gasteiger charge is -2.36. The zero-order chi connectivity index (χ0) is 23.4. The van der Waals surface area contributed by atoms with Crippen molar-refractivity contribution in [2.45, 2.75) is 38.3 Å². The molecule has 0 spiro atoms. The highest BCUT2D eigenvalue weighted by atomic mass is 19.4. The normalized spacial score (nSPS) is 18.3. The zero-order valence-corrected chi connectivity index (χ0v) is 18.2. The molecule has 0 atom stereocenters. The Morgan fingerprint density at radius 2 is 1.79 bits per heavy atom. The van der Waals surface area contributed by atoms with Crippen LogP contribution in [0.3, 0.4) is 0 Å². The van der Waals surface area contributed by atoms with Gasteiger partial charge in [-0.2, -0.15) is 18.3 Å². The van der Waals surface area contributed by atoms with Gasteiger partial charge in [0, 0.05) is 32.1 Å². The van der Waals surface area contributed by atoms with E-state index in [1.165, 1.54) is 29.8 Å². The topological polar surface area (TPSA) is 83.4 Å². The quantitative estimate of drug-likeness (QED) is 0.736. The summed E-state index contributed by atoms with van der Waals surface area (Å²) in [5, 5.41) is 6.54. The summed E-state index contributed by atoms with van der Waals surface area (Å²) in [4.78, 5) is 33.0. The molecule has 4 rings (SSSR count). The molecule has 1 aromatic heterocycles. The van der Waals surface area contributed by atoms with E-state index in [0.717, 1.165) is 37.8 Å². The Hall–Kier alpha value is -2.95. The van der Waals surface area contributed by atoms with Gasteiger partial charge in [-0.15, -0.1) is 0 Å². The molecule has 1 aromatic carbocycles. The number of alkyl halides is 3. The Labute approximate surface area is 189 Å². The molecule has 2 aliphatic rings. The summed E-state index contributed by atoms with van der Waals surface area (Å²) in [6, 6.07) is 3.09. The van der Waals surface area contributed by atoms with Gasteiger partial charge in [-0.3, -0.25) is 14.5 Å². The molecule has 0 radical (unpaired) electrons. The van der Waals surface area contributed by atoms with Crippen LogP contribution in [0.4, 0.5) is 18.9 Å². The number of aromatic nitrogens is 3. The van der Waals surface area contributed by atoms with Gasteiger partial charge in [-0.1, -0.05) is 19.3 Å². The van der Waals surface area contributed by atoms with Gasteiger partial charge in [0.15, 0.2) is 0 Å². The smallest absolute Gasteiger partial charge is 0.340 e. The molecule has 178 valence electrons. The molecule has 2 heterocycles. The van der Waals surface area contributed by atoms with Gasteiger partial charge in [-0.25, -0.2) is 9.67 Å². The average Bonchev–Trinajstić information content (AvgIpc) is 3.34. The molecule has 0 unspecified atom stereocenters. The van der Waals surface area contributed by atoms with E-state index in [0.29, 0.717) is 26.2 Å². The second-order valence-electron chi connectivity index (χ2n) is 8.55. The molecule has 1 aliphatic heterocycles. The average molecular weight is 464 g/mol. The lowest BCUT2D eigenvalue weighted by atomic mass is 9.88. The predicted octanol–water partition coefficient (Wildman–Crippen LogP) is 2.95. The molecule has 2 amide bonds. The van der Waals surface area contributed by atoms with E-state index < -0.39 is 17.6 Å². The summed E-state index contributed by atoms with van der Waals surface area (Å²) in [7, 11) is 0. The van der Waals surface area contributed by atoms with Crippen LogP contribution in [0.1, 0.15) is 37.7 Å². The summed E-state index contributed by atoms with van der Waals surface area (Å²) in [6.45, 7) is 2.22. The Kier molecular flexibility index (Phi) is 6.96. The number of benzene rings is 1. The summed E-state index contributed by atoms with van der Waals surface area (Å²) < 4.78 is 40.9. The van der Waals surface area contributed by atoms with Crippen LogP contribution >= 0.6 is 0 Å². The Bertz CT molecular complexity index is 965. The van der Waals surface area contributed by atoms with Crippen molar-refractivity contribution in [3.63, 3.8) is 0 Å². The molecule has 1 N–H and O–H groups in total. The largest absolute Gasteiger partial charge is 0.416 e. The maximum Gasteiger partial charge on any atom is 0.416 e. The number of hydrogen-bond donors (Lipinski definition) is 1. The molecule has 33 heavy (non-hydrogen) atoms. The molecule has 1 saturated heterocycles. The molecule has 2 fully saturated rings. The fourth-order valence-electron chi connectivity index (χ4n) is 4.47. The minimum Gasteiger partial charge on any atom is -0.340 e. The third-order valence-electron chi connectivity index (χ3n) is 6.27. The maximum atomic E-state index is 13.2. The van der Waals surface area contributed by atoms with Crippen molar-refractivity contribution >= 4 is 17.5 Å². The van der Waals surface area contributed by atoms with Gasteiger partial charge >= 0.3 is 6.18 Å². The van der Waals surface area contributed by atoms with Gasteiger partial charge in [0.1, 0.15) is 12.7 Å². The van der Waals surface area contributed by atoms with Crippen LogP contribution in [0.5, 0.6) is 0 Å². The van der Waals surface area contributed by atoms with E-state index >= 15 is 0 Å². The van der Waals surface area contributed by atoms with Gasteiger partial charge < -0.3 is 10.2 Å². The van der Waals surface area contributed by atoms with Crippen molar-refractivity contribution in [2.24, 2.45) is 5.92 Å². The summed E-state index contributed by atoms with van der Waals surface area (Å²) in [5.74, 6) is -0.104. The first-order chi connectivity index (χ1) is 15.8. The third kappa shape index (κ3) is 5.70. The summed E-state index contributed by atoms with van der Waals surface area (Å²) >= 11 is 0. The number of halogens is 3. The number of hydrogen-bond acceptors (Lipinski definition) is 5. The minimum atomic E-state index is -4.54. The number of carbonyl (C=O) groups is 2. The number of nitrogens with zero attached hydrogens (tertiary/aromatic N) is 5. The molecule has 1 saturated carbocycles. The molecule has 2 aromatic rings. The second-order valence-corrected chi connectivity index (χ2v) is 8.55. The lowest BCUT2D eigenvalue weighted by Crippen LogP contribution is -2.52. The van der Waals surface area contributed by atoms with E-state index in [4.69, 9.17) is 0 Å². The summed E-state index contributed by atoms with van der Waals surface area (Å²) in [5.41, 5.74) is -0.570. The number of nitrogens with one attached hydrogen (secondary N) is 1. The number of amides is 2. The maximum absolute atomic E-state index is 13.2. The molecule has 8 nitrogen and oxygen atoms in total. The molecule has 0 bridgehead atoms. The van der Waals surface area contributed by atoms with Gasteiger partial charge in [0.05, 0.1) is 23.5 Å². The van der Waals surface area contributed by atoms with E-state index in [1.807, 2.05) is 9.80 Å². The van der Waals surface area contributed by atoms with Gasteiger partial charge in [-0.05, 0) is 31.0 Å². The number of carbonyl (C=O) groups excluding carboxylic acids is 2. The fourth-order valence-corrected chi connectivity index (χ4v) is 4.47. The van der Waals surface area contributed by atoms with Crippen LogP contribution < -0.4 is 5.32 Å². The SMILES string of the molecule is O=C(CN1CCN(C(=O)C2CCCCC2)CC1)Nc1cc(C(F)(F)F)ccc1-n1cncn1. The predicted molar refractivity (Wildman–Crippen MR) is 115 cm³/mol. The van der Waals surface area contributed by atoms with E-state index in [-0.39, 0.29) is 29.7 Å². The molecular weight excluding hydrogens is 437 g/mol. The first-order valence-corrected chi connectivity index (χ1v) is 11.2. The van der Waals surface area contributed by atoms with Crippen molar-refractivity contribution in [1.82, 2.24) is 24.6 Å². The van der Waals surface area contributed by atoms with Crippen molar-refractivity contribution < 1.29 is 22.8 Å². The lowest BCUT2D eigenvalue weighted by molar-refractivity contribution is -0.139. The Morgan fingerprint density at radius 3 is 2.42 bits per heavy atom. The fraction of sp³-hybridized carbons (Fsp3) is 0.545. The first kappa shape index (κ1) is 23.2. The van der Waals surface area contributed by atoms with Crippen LogP contribution in [-0.2, 0) is 15.8 Å². The Balaban J connectivity index is 1.36. The van der Waals surface area contributed by atoms with E-state index in [2.05, 4.69) is 15.4 Å². The van der Waals surface area contributed by atoms with E-state index in [1.54, 1.807) is 0 Å². The van der Waals surface area contributed by atoms with E-state index in [9.17, 15) is 22.8 Å². The van der Waals surface area contributed by atoms with Gasteiger partial charge in [0.2, 0.25) is 11.8 Å². The second kappa shape index (κ2) is 9.90. The van der Waals surface area contributed by atoms with Crippen LogP contribution in [0.25, 0.3) is 5.69 Å². The molecular formula is C22H27F3N6O2. The highest BCUT2D eigenvalue weighted by molar-refractivity contribution is 5.94.